The van der Waals surface area contributed by atoms with Crippen LogP contribution in [-0.2, 0) is 4.79 Å². The van der Waals surface area contributed by atoms with E-state index in [9.17, 15) is 9.59 Å². The van der Waals surface area contributed by atoms with Crippen LogP contribution < -0.4 is 5.32 Å². The Balaban J connectivity index is 1.44. The maximum Gasteiger partial charge on any atom is 0.253 e. The third-order valence-electron chi connectivity index (χ3n) is 5.11. The topological polar surface area (TPSA) is 62.6 Å². The van der Waals surface area contributed by atoms with Crippen molar-refractivity contribution in [3.8, 4) is 11.3 Å². The monoisotopic (exact) mass is 408 g/mol. The van der Waals surface area contributed by atoms with Gasteiger partial charge in [-0.25, -0.2) is 0 Å². The Morgan fingerprint density at radius 1 is 1.07 bits per heavy atom. The van der Waals surface area contributed by atoms with Gasteiger partial charge in [-0.3, -0.25) is 9.59 Å². The molecule has 0 radical (unpaired) electrons. The van der Waals surface area contributed by atoms with Gasteiger partial charge >= 0.3 is 0 Å². The van der Waals surface area contributed by atoms with Gasteiger partial charge in [-0.05, 0) is 61.4 Å². The van der Waals surface area contributed by atoms with Crippen LogP contribution in [-0.4, -0.2) is 29.8 Å². The smallest absolute Gasteiger partial charge is 0.253 e. The molecule has 2 heterocycles. The van der Waals surface area contributed by atoms with E-state index >= 15 is 0 Å². The standard InChI is InChI=1S/C23H21ClN2O3/c24-19-8-10-20(11-9-19)25-22(27)18-6-2-12-26(15-18)23(28)17-5-1-4-16(14-17)21-7-3-13-29-21/h1,3-5,7-11,13-14,18H,2,6,12,15H2,(H,25,27)/t18-/m1/s1. The molecule has 1 N–H and O–H groups in total. The lowest BCUT2D eigenvalue weighted by Crippen LogP contribution is -2.43. The number of rotatable bonds is 4. The molecule has 0 saturated carbocycles. The van der Waals surface area contributed by atoms with Crippen molar-refractivity contribution >= 4 is 29.1 Å². The number of likely N-dealkylation sites (tertiary alicyclic amines) is 1. The molecule has 3 aromatic rings. The number of furan rings is 1. The van der Waals surface area contributed by atoms with Crippen LogP contribution in [0.25, 0.3) is 11.3 Å². The van der Waals surface area contributed by atoms with Crippen LogP contribution in [0.15, 0.2) is 71.3 Å². The number of carbonyl (C=O) groups is 2. The first kappa shape index (κ1) is 19.3. The van der Waals surface area contributed by atoms with E-state index in [1.54, 1.807) is 41.5 Å². The normalized spacial score (nSPS) is 16.4. The van der Waals surface area contributed by atoms with Gasteiger partial charge < -0.3 is 14.6 Å². The van der Waals surface area contributed by atoms with E-state index in [0.29, 0.717) is 29.4 Å². The molecule has 1 aromatic heterocycles. The van der Waals surface area contributed by atoms with Crippen molar-refractivity contribution in [2.24, 2.45) is 5.92 Å². The Morgan fingerprint density at radius 3 is 2.66 bits per heavy atom. The molecule has 1 aliphatic rings. The second-order valence-corrected chi connectivity index (χ2v) is 7.58. The molecule has 2 aromatic carbocycles. The van der Waals surface area contributed by atoms with Crippen molar-refractivity contribution in [1.82, 2.24) is 4.90 Å². The minimum absolute atomic E-state index is 0.0672. The summed E-state index contributed by atoms with van der Waals surface area (Å²) in [6.45, 7) is 1.05. The molecule has 0 aliphatic carbocycles. The molecule has 29 heavy (non-hydrogen) atoms. The first-order chi connectivity index (χ1) is 14.1. The maximum absolute atomic E-state index is 13.0. The van der Waals surface area contributed by atoms with E-state index in [0.717, 1.165) is 24.2 Å². The number of benzene rings is 2. The van der Waals surface area contributed by atoms with Crippen molar-refractivity contribution in [1.29, 1.82) is 0 Å². The number of nitrogens with zero attached hydrogens (tertiary/aromatic N) is 1. The molecule has 1 atom stereocenters. The number of amides is 2. The van der Waals surface area contributed by atoms with E-state index in [1.807, 2.05) is 30.3 Å². The van der Waals surface area contributed by atoms with Crippen molar-refractivity contribution in [3.05, 3.63) is 77.5 Å². The second-order valence-electron chi connectivity index (χ2n) is 7.14. The molecule has 5 nitrogen and oxygen atoms in total. The minimum Gasteiger partial charge on any atom is -0.464 e. The van der Waals surface area contributed by atoms with Crippen LogP contribution in [0, 0.1) is 5.92 Å². The largest absolute Gasteiger partial charge is 0.464 e. The molecule has 1 fully saturated rings. The molecule has 1 aliphatic heterocycles. The van der Waals surface area contributed by atoms with Crippen molar-refractivity contribution < 1.29 is 14.0 Å². The molecule has 1 saturated heterocycles. The van der Waals surface area contributed by atoms with Gasteiger partial charge in [-0.2, -0.15) is 0 Å². The van der Waals surface area contributed by atoms with Crippen LogP contribution >= 0.6 is 11.6 Å². The fourth-order valence-electron chi connectivity index (χ4n) is 3.58. The van der Waals surface area contributed by atoms with Gasteiger partial charge in [-0.15, -0.1) is 0 Å². The summed E-state index contributed by atoms with van der Waals surface area (Å²) in [7, 11) is 0. The van der Waals surface area contributed by atoms with Gasteiger partial charge in [0, 0.05) is 34.9 Å². The van der Waals surface area contributed by atoms with Crippen LogP contribution in [0.1, 0.15) is 23.2 Å². The highest BCUT2D eigenvalue weighted by Gasteiger charge is 2.29. The van der Waals surface area contributed by atoms with Crippen molar-refractivity contribution in [3.63, 3.8) is 0 Å². The van der Waals surface area contributed by atoms with Gasteiger partial charge in [0.1, 0.15) is 5.76 Å². The number of anilines is 1. The predicted molar refractivity (Wildman–Crippen MR) is 113 cm³/mol. The number of piperidine rings is 1. The number of carbonyl (C=O) groups excluding carboxylic acids is 2. The van der Waals surface area contributed by atoms with E-state index in [1.165, 1.54) is 0 Å². The molecular weight excluding hydrogens is 388 g/mol. The lowest BCUT2D eigenvalue weighted by molar-refractivity contribution is -0.121. The fourth-order valence-corrected chi connectivity index (χ4v) is 3.71. The highest BCUT2D eigenvalue weighted by Crippen LogP contribution is 2.24. The zero-order valence-electron chi connectivity index (χ0n) is 15.8. The fraction of sp³-hybridized carbons (Fsp3) is 0.217. The molecule has 0 spiro atoms. The van der Waals surface area contributed by atoms with Crippen LogP contribution in [0.4, 0.5) is 5.69 Å². The van der Waals surface area contributed by atoms with Gasteiger partial charge in [0.05, 0.1) is 12.2 Å². The molecule has 148 valence electrons. The summed E-state index contributed by atoms with van der Waals surface area (Å²) in [6, 6.07) is 18.1. The average molecular weight is 409 g/mol. The third kappa shape index (κ3) is 4.51. The summed E-state index contributed by atoms with van der Waals surface area (Å²) in [5.41, 5.74) is 2.15. The average Bonchev–Trinajstić information content (AvgIpc) is 3.30. The summed E-state index contributed by atoms with van der Waals surface area (Å²) >= 11 is 5.89. The SMILES string of the molecule is O=C(Nc1ccc(Cl)cc1)[C@@H]1CCCN(C(=O)c2cccc(-c3ccco3)c2)C1. The zero-order chi connectivity index (χ0) is 20.2. The van der Waals surface area contributed by atoms with E-state index < -0.39 is 0 Å². The number of halogens is 1. The summed E-state index contributed by atoms with van der Waals surface area (Å²) < 4.78 is 5.43. The number of hydrogen-bond acceptors (Lipinski definition) is 3. The Hall–Kier alpha value is -3.05. The third-order valence-corrected chi connectivity index (χ3v) is 5.36. The molecule has 2 amide bonds. The number of nitrogens with one attached hydrogen (secondary N) is 1. The lowest BCUT2D eigenvalue weighted by atomic mass is 9.96. The summed E-state index contributed by atoms with van der Waals surface area (Å²) in [5, 5.41) is 3.54. The minimum atomic E-state index is -0.239. The molecule has 0 bridgehead atoms. The quantitative estimate of drug-likeness (QED) is 0.653. The van der Waals surface area contributed by atoms with Crippen LogP contribution in [0.2, 0.25) is 5.02 Å². The number of hydrogen-bond donors (Lipinski definition) is 1. The Labute approximate surface area is 174 Å². The Kier molecular flexibility index (Phi) is 5.67. The summed E-state index contributed by atoms with van der Waals surface area (Å²) in [5.74, 6) is 0.340. The summed E-state index contributed by atoms with van der Waals surface area (Å²) in [6.07, 6.45) is 3.16. The summed E-state index contributed by atoms with van der Waals surface area (Å²) in [4.78, 5) is 27.5. The Bertz CT molecular complexity index is 999. The second kappa shape index (κ2) is 8.53. The van der Waals surface area contributed by atoms with E-state index in [2.05, 4.69) is 5.32 Å². The first-order valence-electron chi connectivity index (χ1n) is 9.60. The first-order valence-corrected chi connectivity index (χ1v) is 9.97. The molecular formula is C23H21ClN2O3. The highest BCUT2D eigenvalue weighted by atomic mass is 35.5. The molecule has 6 heteroatoms. The van der Waals surface area contributed by atoms with Gasteiger partial charge in [-0.1, -0.05) is 23.7 Å². The highest BCUT2D eigenvalue weighted by molar-refractivity contribution is 6.30. The van der Waals surface area contributed by atoms with E-state index in [-0.39, 0.29) is 17.7 Å². The van der Waals surface area contributed by atoms with Gasteiger partial charge in [0.2, 0.25) is 5.91 Å². The van der Waals surface area contributed by atoms with Crippen molar-refractivity contribution in [2.75, 3.05) is 18.4 Å². The lowest BCUT2D eigenvalue weighted by Gasteiger charge is -2.32. The van der Waals surface area contributed by atoms with Crippen LogP contribution in [0.5, 0.6) is 0 Å². The Morgan fingerprint density at radius 2 is 1.90 bits per heavy atom. The zero-order valence-corrected chi connectivity index (χ0v) is 16.6. The van der Waals surface area contributed by atoms with E-state index in [4.69, 9.17) is 16.0 Å². The van der Waals surface area contributed by atoms with Gasteiger partial charge in [0.15, 0.2) is 0 Å². The van der Waals surface area contributed by atoms with Crippen molar-refractivity contribution in [2.45, 2.75) is 12.8 Å². The molecule has 0 unspecified atom stereocenters. The predicted octanol–water partition coefficient (Wildman–Crippen LogP) is 5.09. The van der Waals surface area contributed by atoms with Crippen LogP contribution in [0.3, 0.4) is 0 Å². The maximum atomic E-state index is 13.0. The van der Waals surface area contributed by atoms with Gasteiger partial charge in [0.25, 0.3) is 5.91 Å². The molecule has 4 rings (SSSR count).